The molecular formula is C9H8ClFO3. The van der Waals surface area contributed by atoms with Crippen LogP contribution in [-0.2, 0) is 0 Å². The van der Waals surface area contributed by atoms with E-state index in [0.29, 0.717) is 0 Å². The van der Waals surface area contributed by atoms with Gasteiger partial charge in [-0.3, -0.25) is 4.79 Å². The largest absolute Gasteiger partial charge is 0.504 e. The quantitative estimate of drug-likeness (QED) is 0.623. The molecule has 0 aliphatic heterocycles. The number of methoxy groups -OCH3 is 1. The minimum absolute atomic E-state index is 0.106. The summed E-state index contributed by atoms with van der Waals surface area (Å²) in [5.41, 5.74) is -0.220. The first kappa shape index (κ1) is 10.8. The van der Waals surface area contributed by atoms with Crippen LogP contribution in [0.5, 0.6) is 11.5 Å². The molecule has 1 rings (SSSR count). The number of ether oxygens (including phenoxy) is 1. The maximum atomic E-state index is 12.9. The molecule has 0 unspecified atom stereocenters. The van der Waals surface area contributed by atoms with E-state index >= 15 is 0 Å². The minimum Gasteiger partial charge on any atom is -0.504 e. The van der Waals surface area contributed by atoms with Gasteiger partial charge < -0.3 is 9.84 Å². The van der Waals surface area contributed by atoms with Gasteiger partial charge in [0.2, 0.25) is 0 Å². The first-order valence-corrected chi connectivity index (χ1v) is 4.30. The van der Waals surface area contributed by atoms with E-state index in [-0.39, 0.29) is 17.2 Å². The average molecular weight is 219 g/mol. The van der Waals surface area contributed by atoms with Crippen molar-refractivity contribution in [1.82, 2.24) is 0 Å². The molecule has 0 aliphatic carbocycles. The number of benzene rings is 1. The van der Waals surface area contributed by atoms with Crippen molar-refractivity contribution in [3.05, 3.63) is 23.5 Å². The van der Waals surface area contributed by atoms with Crippen molar-refractivity contribution < 1.29 is 19.0 Å². The molecule has 1 aromatic rings. The van der Waals surface area contributed by atoms with Crippen molar-refractivity contribution in [1.29, 1.82) is 0 Å². The van der Waals surface area contributed by atoms with Gasteiger partial charge in [0.25, 0.3) is 0 Å². The van der Waals surface area contributed by atoms with E-state index in [9.17, 15) is 14.3 Å². The number of phenols is 1. The van der Waals surface area contributed by atoms with Crippen molar-refractivity contribution >= 4 is 17.4 Å². The molecule has 0 aliphatic rings. The summed E-state index contributed by atoms with van der Waals surface area (Å²) >= 11 is 5.30. The number of hydrogen-bond donors (Lipinski definition) is 1. The molecule has 0 bridgehead atoms. The topological polar surface area (TPSA) is 46.5 Å². The molecule has 0 amide bonds. The summed E-state index contributed by atoms with van der Waals surface area (Å²) in [4.78, 5) is 11.2. The number of ketones is 1. The molecule has 14 heavy (non-hydrogen) atoms. The van der Waals surface area contributed by atoms with Crippen LogP contribution in [0.1, 0.15) is 10.4 Å². The van der Waals surface area contributed by atoms with Gasteiger partial charge in [0, 0.05) is 0 Å². The van der Waals surface area contributed by atoms with E-state index in [1.54, 1.807) is 0 Å². The average Bonchev–Trinajstić information content (AvgIpc) is 2.20. The zero-order chi connectivity index (χ0) is 10.7. The lowest BCUT2D eigenvalue weighted by atomic mass is 10.1. The van der Waals surface area contributed by atoms with Crippen LogP contribution in [0, 0.1) is 5.82 Å². The van der Waals surface area contributed by atoms with Crippen LogP contribution in [-0.4, -0.2) is 23.9 Å². The van der Waals surface area contributed by atoms with Crippen molar-refractivity contribution in [3.63, 3.8) is 0 Å². The molecule has 0 fully saturated rings. The summed E-state index contributed by atoms with van der Waals surface area (Å²) in [6.45, 7) is 0. The van der Waals surface area contributed by atoms with Gasteiger partial charge in [0.05, 0.1) is 13.0 Å². The third-order valence-electron chi connectivity index (χ3n) is 1.71. The van der Waals surface area contributed by atoms with Crippen molar-refractivity contribution in [2.24, 2.45) is 0 Å². The second-order valence-corrected chi connectivity index (χ2v) is 2.80. The Morgan fingerprint density at radius 3 is 2.79 bits per heavy atom. The van der Waals surface area contributed by atoms with E-state index < -0.39 is 17.3 Å². The van der Waals surface area contributed by atoms with E-state index in [4.69, 9.17) is 16.3 Å². The molecule has 1 N–H and O–H groups in total. The Balaban J connectivity index is 3.35. The first-order valence-electron chi connectivity index (χ1n) is 3.76. The third-order valence-corrected chi connectivity index (χ3v) is 1.95. The fraction of sp³-hybridized carbons (Fsp3) is 0.222. The van der Waals surface area contributed by atoms with Crippen LogP contribution < -0.4 is 4.74 Å². The number of halogens is 2. The zero-order valence-electron chi connectivity index (χ0n) is 7.38. The maximum absolute atomic E-state index is 12.9. The molecule has 1 aromatic carbocycles. The van der Waals surface area contributed by atoms with Crippen molar-refractivity contribution in [3.8, 4) is 11.5 Å². The molecule has 0 saturated carbocycles. The van der Waals surface area contributed by atoms with E-state index in [1.165, 1.54) is 13.2 Å². The molecular weight excluding hydrogens is 211 g/mol. The number of phenolic OH excluding ortho intramolecular Hbond substituents is 1. The highest BCUT2D eigenvalue weighted by Crippen LogP contribution is 2.30. The van der Waals surface area contributed by atoms with Gasteiger partial charge >= 0.3 is 0 Å². The van der Waals surface area contributed by atoms with Gasteiger partial charge in [-0.1, -0.05) is 0 Å². The number of aromatic hydroxyl groups is 1. The standard InChI is InChI=1S/C9H8ClFO3/c1-14-7-3-2-5(11)9(13)8(7)6(12)4-10/h2-3,13H,4H2,1H3. The number of hydrogen-bond acceptors (Lipinski definition) is 3. The van der Waals surface area contributed by atoms with Gasteiger partial charge in [-0.05, 0) is 12.1 Å². The Hall–Kier alpha value is -1.29. The smallest absolute Gasteiger partial charge is 0.185 e. The van der Waals surface area contributed by atoms with Gasteiger partial charge in [-0.25, -0.2) is 4.39 Å². The summed E-state index contributed by atoms with van der Waals surface area (Å²) in [5, 5.41) is 9.28. The van der Waals surface area contributed by atoms with Crippen LogP contribution in [0.4, 0.5) is 4.39 Å². The predicted molar refractivity (Wildman–Crippen MR) is 49.7 cm³/mol. The second-order valence-electron chi connectivity index (χ2n) is 2.53. The van der Waals surface area contributed by atoms with Crippen molar-refractivity contribution in [2.75, 3.05) is 13.0 Å². The van der Waals surface area contributed by atoms with E-state index in [2.05, 4.69) is 0 Å². The highest BCUT2D eigenvalue weighted by atomic mass is 35.5. The lowest BCUT2D eigenvalue weighted by Gasteiger charge is -2.08. The van der Waals surface area contributed by atoms with Crippen LogP contribution in [0.15, 0.2) is 12.1 Å². The monoisotopic (exact) mass is 218 g/mol. The second kappa shape index (κ2) is 4.28. The zero-order valence-corrected chi connectivity index (χ0v) is 8.14. The van der Waals surface area contributed by atoms with Crippen LogP contribution in [0.2, 0.25) is 0 Å². The summed E-state index contributed by atoms with van der Waals surface area (Å²) in [7, 11) is 1.32. The van der Waals surface area contributed by atoms with Crippen LogP contribution >= 0.6 is 11.6 Å². The Kier molecular flexibility index (Phi) is 3.30. The van der Waals surface area contributed by atoms with Crippen LogP contribution in [0.3, 0.4) is 0 Å². The molecule has 0 radical (unpaired) electrons. The SMILES string of the molecule is COc1ccc(F)c(O)c1C(=O)CCl. The maximum Gasteiger partial charge on any atom is 0.185 e. The Morgan fingerprint density at radius 2 is 2.29 bits per heavy atom. The molecule has 0 heterocycles. The number of Topliss-reactive ketones (excluding diaryl/α,β-unsaturated/α-hetero) is 1. The lowest BCUT2D eigenvalue weighted by molar-refractivity contribution is 0.101. The summed E-state index contributed by atoms with van der Waals surface area (Å²) in [5.74, 6) is -2.42. The molecule has 5 heteroatoms. The highest BCUT2D eigenvalue weighted by molar-refractivity contribution is 6.31. The number of alkyl halides is 1. The number of carbonyl (C=O) groups excluding carboxylic acids is 1. The molecule has 3 nitrogen and oxygen atoms in total. The Bertz CT molecular complexity index is 365. The predicted octanol–water partition coefficient (Wildman–Crippen LogP) is 1.96. The highest BCUT2D eigenvalue weighted by Gasteiger charge is 2.19. The molecule has 0 spiro atoms. The summed E-state index contributed by atoms with van der Waals surface area (Å²) in [6, 6.07) is 2.27. The van der Waals surface area contributed by atoms with Gasteiger partial charge in [0.1, 0.15) is 11.3 Å². The number of rotatable bonds is 3. The summed E-state index contributed by atoms with van der Waals surface area (Å²) in [6.07, 6.45) is 0. The number of carbonyl (C=O) groups is 1. The Labute approximate surface area is 85.1 Å². The summed E-state index contributed by atoms with van der Waals surface area (Å²) < 4.78 is 17.7. The van der Waals surface area contributed by atoms with Crippen LogP contribution in [0.25, 0.3) is 0 Å². The fourth-order valence-corrected chi connectivity index (χ4v) is 1.19. The van der Waals surface area contributed by atoms with Gasteiger partial charge in [0.15, 0.2) is 17.3 Å². The lowest BCUT2D eigenvalue weighted by Crippen LogP contribution is -2.04. The van der Waals surface area contributed by atoms with Gasteiger partial charge in [-0.2, -0.15) is 0 Å². The van der Waals surface area contributed by atoms with E-state index in [1.807, 2.05) is 0 Å². The molecule has 0 saturated heterocycles. The Morgan fingerprint density at radius 1 is 1.64 bits per heavy atom. The fourth-order valence-electron chi connectivity index (χ4n) is 1.05. The first-order chi connectivity index (χ1) is 6.61. The van der Waals surface area contributed by atoms with Crippen molar-refractivity contribution in [2.45, 2.75) is 0 Å². The third kappa shape index (κ3) is 1.80. The molecule has 0 aromatic heterocycles. The minimum atomic E-state index is -0.876. The van der Waals surface area contributed by atoms with E-state index in [0.717, 1.165) is 6.07 Å². The molecule has 0 atom stereocenters. The normalized spacial score (nSPS) is 9.93. The molecule has 76 valence electrons. The van der Waals surface area contributed by atoms with Gasteiger partial charge in [-0.15, -0.1) is 11.6 Å².